The second-order valence-corrected chi connectivity index (χ2v) is 4.62. The van der Waals surface area contributed by atoms with E-state index in [0.717, 1.165) is 11.1 Å². The molecule has 0 amide bonds. The highest BCUT2D eigenvalue weighted by Gasteiger charge is 2.08. The number of benzene rings is 1. The number of rotatable bonds is 2. The van der Waals surface area contributed by atoms with Gasteiger partial charge in [0.15, 0.2) is 11.5 Å². The van der Waals surface area contributed by atoms with Crippen molar-refractivity contribution in [1.82, 2.24) is 15.0 Å². The first-order valence-corrected chi connectivity index (χ1v) is 6.32. The normalized spacial score (nSPS) is 11.5. The van der Waals surface area contributed by atoms with Gasteiger partial charge in [-0.1, -0.05) is 23.7 Å². The highest BCUT2D eigenvalue weighted by atomic mass is 35.5. The zero-order valence-corrected chi connectivity index (χ0v) is 11.1. The average molecular weight is 281 g/mol. The maximum Gasteiger partial charge on any atom is 0.178 e. The SMILES string of the molecule is N#C/C(=C/c1ccc(Cl)cc1)c1nc2ncccc2[nH]1. The molecular weight excluding hydrogens is 272 g/mol. The van der Waals surface area contributed by atoms with E-state index < -0.39 is 0 Å². The highest BCUT2D eigenvalue weighted by Crippen LogP contribution is 2.19. The van der Waals surface area contributed by atoms with Crippen molar-refractivity contribution in [3.63, 3.8) is 0 Å². The smallest absolute Gasteiger partial charge is 0.178 e. The average Bonchev–Trinajstić information content (AvgIpc) is 2.90. The number of nitriles is 1. The number of allylic oxidation sites excluding steroid dienone is 1. The van der Waals surface area contributed by atoms with Gasteiger partial charge in [0, 0.05) is 11.2 Å². The molecule has 3 aromatic rings. The molecular formula is C15H9ClN4. The first-order valence-electron chi connectivity index (χ1n) is 5.95. The van der Waals surface area contributed by atoms with Crippen molar-refractivity contribution in [3.8, 4) is 6.07 Å². The molecule has 0 aliphatic heterocycles. The van der Waals surface area contributed by atoms with E-state index in [-0.39, 0.29) is 0 Å². The van der Waals surface area contributed by atoms with E-state index in [1.165, 1.54) is 0 Å². The van der Waals surface area contributed by atoms with E-state index in [0.29, 0.717) is 22.1 Å². The van der Waals surface area contributed by atoms with Crippen LogP contribution < -0.4 is 0 Å². The van der Waals surface area contributed by atoms with Crippen molar-refractivity contribution < 1.29 is 0 Å². The predicted octanol–water partition coefficient (Wildman–Crippen LogP) is 3.68. The number of nitrogens with one attached hydrogen (secondary N) is 1. The van der Waals surface area contributed by atoms with Crippen LogP contribution in [0.15, 0.2) is 42.6 Å². The van der Waals surface area contributed by atoms with Gasteiger partial charge in [-0.3, -0.25) is 0 Å². The maximum atomic E-state index is 9.30. The second kappa shape index (κ2) is 5.16. The molecule has 5 heteroatoms. The molecule has 0 unspecified atom stereocenters. The fourth-order valence-corrected chi connectivity index (χ4v) is 1.98. The van der Waals surface area contributed by atoms with Crippen molar-refractivity contribution in [1.29, 1.82) is 5.26 Å². The van der Waals surface area contributed by atoms with Gasteiger partial charge in [0.05, 0.1) is 11.1 Å². The Morgan fingerprint density at radius 2 is 2.05 bits per heavy atom. The lowest BCUT2D eigenvalue weighted by Crippen LogP contribution is -1.85. The summed E-state index contributed by atoms with van der Waals surface area (Å²) in [6.45, 7) is 0. The lowest BCUT2D eigenvalue weighted by molar-refractivity contribution is 1.25. The summed E-state index contributed by atoms with van der Waals surface area (Å²) in [6, 6.07) is 13.1. The van der Waals surface area contributed by atoms with Crippen LogP contribution in [0, 0.1) is 11.3 Å². The van der Waals surface area contributed by atoms with E-state index in [9.17, 15) is 5.26 Å². The first kappa shape index (κ1) is 12.4. The Morgan fingerprint density at radius 1 is 1.25 bits per heavy atom. The largest absolute Gasteiger partial charge is 0.336 e. The number of fused-ring (bicyclic) bond motifs is 1. The summed E-state index contributed by atoms with van der Waals surface area (Å²) in [5, 5.41) is 9.96. The van der Waals surface area contributed by atoms with Gasteiger partial charge in [0.2, 0.25) is 0 Å². The number of halogens is 1. The van der Waals surface area contributed by atoms with Gasteiger partial charge in [-0.2, -0.15) is 5.26 Å². The third kappa shape index (κ3) is 2.40. The molecule has 0 radical (unpaired) electrons. The van der Waals surface area contributed by atoms with Crippen LogP contribution in [0.25, 0.3) is 22.8 Å². The van der Waals surface area contributed by atoms with E-state index in [2.05, 4.69) is 21.0 Å². The van der Waals surface area contributed by atoms with Crippen molar-refractivity contribution in [2.45, 2.75) is 0 Å². The van der Waals surface area contributed by atoms with Crippen LogP contribution >= 0.6 is 11.6 Å². The Labute approximate surface area is 120 Å². The van der Waals surface area contributed by atoms with Crippen LogP contribution in [-0.2, 0) is 0 Å². The van der Waals surface area contributed by atoms with Crippen LogP contribution in [0.4, 0.5) is 0 Å². The van der Waals surface area contributed by atoms with E-state index >= 15 is 0 Å². The zero-order valence-electron chi connectivity index (χ0n) is 10.3. The molecule has 20 heavy (non-hydrogen) atoms. The Balaban J connectivity index is 2.05. The summed E-state index contributed by atoms with van der Waals surface area (Å²) < 4.78 is 0. The van der Waals surface area contributed by atoms with Crippen molar-refractivity contribution in [2.24, 2.45) is 0 Å². The van der Waals surface area contributed by atoms with Crippen molar-refractivity contribution >= 4 is 34.4 Å². The molecule has 0 fully saturated rings. The molecule has 96 valence electrons. The number of hydrogen-bond donors (Lipinski definition) is 1. The van der Waals surface area contributed by atoms with Gasteiger partial charge in [-0.15, -0.1) is 0 Å². The Kier molecular flexibility index (Phi) is 3.20. The highest BCUT2D eigenvalue weighted by molar-refractivity contribution is 6.30. The summed E-state index contributed by atoms with van der Waals surface area (Å²) >= 11 is 5.84. The molecule has 3 rings (SSSR count). The number of aromatic amines is 1. The van der Waals surface area contributed by atoms with Crippen LogP contribution in [0.3, 0.4) is 0 Å². The van der Waals surface area contributed by atoms with Crippen LogP contribution in [-0.4, -0.2) is 15.0 Å². The molecule has 0 saturated heterocycles. The van der Waals surface area contributed by atoms with Crippen molar-refractivity contribution in [2.75, 3.05) is 0 Å². The van der Waals surface area contributed by atoms with Crippen molar-refractivity contribution in [3.05, 3.63) is 59.0 Å². The minimum atomic E-state index is 0.449. The summed E-state index contributed by atoms with van der Waals surface area (Å²) in [4.78, 5) is 11.5. The van der Waals surface area contributed by atoms with Crippen LogP contribution in [0.2, 0.25) is 5.02 Å². The number of H-pyrrole nitrogens is 1. The molecule has 1 aromatic carbocycles. The minimum absolute atomic E-state index is 0.449. The molecule has 2 heterocycles. The number of hydrogen-bond acceptors (Lipinski definition) is 3. The van der Waals surface area contributed by atoms with E-state index in [1.807, 2.05) is 24.3 Å². The maximum absolute atomic E-state index is 9.30. The second-order valence-electron chi connectivity index (χ2n) is 4.18. The van der Waals surface area contributed by atoms with Crippen LogP contribution in [0.5, 0.6) is 0 Å². The quantitative estimate of drug-likeness (QED) is 0.728. The third-order valence-electron chi connectivity index (χ3n) is 2.81. The number of imidazole rings is 1. The number of pyridine rings is 1. The lowest BCUT2D eigenvalue weighted by atomic mass is 10.1. The Morgan fingerprint density at radius 3 is 2.75 bits per heavy atom. The molecule has 4 nitrogen and oxygen atoms in total. The van der Waals surface area contributed by atoms with Gasteiger partial charge in [0.25, 0.3) is 0 Å². The molecule has 1 N–H and O–H groups in total. The van der Waals surface area contributed by atoms with Gasteiger partial charge >= 0.3 is 0 Å². The van der Waals surface area contributed by atoms with Gasteiger partial charge < -0.3 is 4.98 Å². The minimum Gasteiger partial charge on any atom is -0.336 e. The number of nitrogens with zero attached hydrogens (tertiary/aromatic N) is 3. The summed E-state index contributed by atoms with van der Waals surface area (Å²) in [7, 11) is 0. The van der Waals surface area contributed by atoms with Gasteiger partial charge in [0.1, 0.15) is 6.07 Å². The molecule has 0 bridgehead atoms. The third-order valence-corrected chi connectivity index (χ3v) is 3.07. The fourth-order valence-electron chi connectivity index (χ4n) is 1.85. The summed E-state index contributed by atoms with van der Waals surface area (Å²) in [6.07, 6.45) is 3.43. The summed E-state index contributed by atoms with van der Waals surface area (Å²) in [5.41, 5.74) is 2.74. The Hall–Kier alpha value is -2.64. The zero-order chi connectivity index (χ0) is 13.9. The monoisotopic (exact) mass is 280 g/mol. The summed E-state index contributed by atoms with van der Waals surface area (Å²) in [5.74, 6) is 0.510. The topological polar surface area (TPSA) is 65.4 Å². The standard InChI is InChI=1S/C15H9ClN4/c16-12-5-3-10(4-6-12)8-11(9-17)14-19-13-2-1-7-18-15(13)20-14/h1-8H,(H,18,19,20)/b11-8-. The van der Waals surface area contributed by atoms with Gasteiger partial charge in [-0.05, 0) is 35.9 Å². The van der Waals surface area contributed by atoms with Crippen LogP contribution in [0.1, 0.15) is 11.4 Å². The first-order chi connectivity index (χ1) is 9.76. The predicted molar refractivity (Wildman–Crippen MR) is 78.8 cm³/mol. The van der Waals surface area contributed by atoms with E-state index in [4.69, 9.17) is 11.6 Å². The van der Waals surface area contributed by atoms with Gasteiger partial charge in [-0.25, -0.2) is 9.97 Å². The van der Waals surface area contributed by atoms with E-state index in [1.54, 1.807) is 24.4 Å². The molecule has 2 aromatic heterocycles. The molecule has 0 spiro atoms. The fraction of sp³-hybridized carbons (Fsp3) is 0. The molecule has 0 aliphatic rings. The molecule has 0 saturated carbocycles. The molecule has 0 atom stereocenters. The molecule has 0 aliphatic carbocycles. The Bertz CT molecular complexity index is 792. The number of aromatic nitrogens is 3. The lowest BCUT2D eigenvalue weighted by Gasteiger charge is -1.96.